The highest BCUT2D eigenvalue weighted by Crippen LogP contribution is 2.29. The minimum Gasteiger partial charge on any atom is -0.394 e. The Kier molecular flexibility index (Phi) is 28.4. The molecule has 0 aliphatic carbocycles. The van der Waals surface area contributed by atoms with E-state index in [1.165, 1.54) is 33.4 Å². The number of thioether (sulfide) groups is 1. The molecule has 36 heteroatoms. The Bertz CT molecular complexity index is 2570. The van der Waals surface area contributed by atoms with Crippen LogP contribution >= 0.6 is 11.8 Å². The third-order valence-electron chi connectivity index (χ3n) is 14.9. The number of nitrogens with two attached hydrogens (primary N) is 3. The number of hydrogen-bond acceptors (Lipinski definition) is 21. The average Bonchev–Trinajstić information content (AvgIpc) is 2.11. The van der Waals surface area contributed by atoms with E-state index in [0.717, 1.165) is 11.8 Å². The van der Waals surface area contributed by atoms with Crippen LogP contribution in [-0.4, -0.2) is 279 Å². The second-order valence-corrected chi connectivity index (χ2v) is 22.3. The van der Waals surface area contributed by atoms with Gasteiger partial charge in [-0.1, -0.05) is 0 Å². The normalized spacial score (nSPS) is 20.9. The van der Waals surface area contributed by atoms with Gasteiger partial charge in [-0.3, -0.25) is 71.9 Å². The van der Waals surface area contributed by atoms with Gasteiger partial charge in [0.15, 0.2) is 0 Å². The lowest BCUT2D eigenvalue weighted by molar-refractivity contribution is -0.151. The van der Waals surface area contributed by atoms with Crippen molar-refractivity contribution in [3.63, 3.8) is 0 Å². The maximum Gasteiger partial charge on any atom is 0.246 e. The van der Waals surface area contributed by atoms with Gasteiger partial charge < -0.3 is 105 Å². The zero-order chi connectivity index (χ0) is 64.8. The van der Waals surface area contributed by atoms with E-state index in [2.05, 4.69) is 47.9 Å². The summed E-state index contributed by atoms with van der Waals surface area (Å²) in [6.45, 7) is -2.01. The van der Waals surface area contributed by atoms with Gasteiger partial charge >= 0.3 is 0 Å². The van der Waals surface area contributed by atoms with Crippen LogP contribution in [0.4, 0.5) is 0 Å². The molecule has 0 aromatic carbocycles. The van der Waals surface area contributed by atoms with Gasteiger partial charge in [0.25, 0.3) is 0 Å². The molecule has 4 rings (SSSR count). The number of nitrogens with one attached hydrogen (secondary N) is 9. The molecule has 0 radical (unpaired) electrons. The summed E-state index contributed by atoms with van der Waals surface area (Å²) in [5, 5.41) is 60.2. The standard InChI is InChI=1S/C51H82N16O19S/c1-25(49(84)66-15-6-10-34(66)51(86)67-16-7-11-35(67)50(85)65-14-5-9-33(65)47(82)60-29(22-68)41(54)76)58-38(74)20-56-43(78)30(23-69)61-45(80)31(24-70)62-46(81)32-8-4-13-64(32)39(75)21-55-37(73)19-57-48(83)40(26(2)71)63-44(79)28(18-36(53)72)59-42(77)27(52)12-17-87-3/h25-35,40,68-71H,4-24,52H2,1-3H3,(H2,53,72)(H2,54,76)(H,55,73)(H,56,78)(H,57,83)(H,58,74)(H,59,77)(H,60,82)(H,61,80)(H,62,81)(H,63,79)/t25-,26+,27-,28-,29-,30-,31-,32-,33-,34-,35-,40-/m0/s1. The molecular formula is C51H82N16O19S. The molecule has 486 valence electrons. The average molecular weight is 1260 g/mol. The number of hydrogen-bond donors (Lipinski definition) is 16. The second kappa shape index (κ2) is 34.5. The first-order valence-electron chi connectivity index (χ1n) is 28.4. The Balaban J connectivity index is 1.22. The molecule has 4 fully saturated rings. The van der Waals surface area contributed by atoms with Gasteiger partial charge in [0.05, 0.1) is 58.0 Å². The number of rotatable bonds is 32. The van der Waals surface area contributed by atoms with Crippen molar-refractivity contribution in [1.82, 2.24) is 67.5 Å². The largest absolute Gasteiger partial charge is 0.394 e. The molecule has 4 heterocycles. The number of primary amides is 2. The van der Waals surface area contributed by atoms with E-state index < -0.39 is 207 Å². The quantitative estimate of drug-likeness (QED) is 0.0297. The van der Waals surface area contributed by atoms with E-state index in [4.69, 9.17) is 17.2 Å². The summed E-state index contributed by atoms with van der Waals surface area (Å²) >= 11 is 1.42. The molecule has 0 spiro atoms. The maximum atomic E-state index is 14.1. The lowest BCUT2D eigenvalue weighted by Crippen LogP contribution is -2.59. The van der Waals surface area contributed by atoms with Crippen molar-refractivity contribution in [2.24, 2.45) is 17.2 Å². The van der Waals surface area contributed by atoms with Crippen LogP contribution in [0.5, 0.6) is 0 Å². The number of aliphatic hydroxyl groups is 4. The van der Waals surface area contributed by atoms with E-state index in [9.17, 15) is 92.3 Å². The van der Waals surface area contributed by atoms with Gasteiger partial charge in [0.1, 0.15) is 60.4 Å². The summed E-state index contributed by atoms with van der Waals surface area (Å²) in [7, 11) is 0. The van der Waals surface area contributed by atoms with Crippen LogP contribution in [0.2, 0.25) is 0 Å². The third-order valence-corrected chi connectivity index (χ3v) is 15.6. The topological polar surface area (TPSA) is 536 Å². The molecule has 12 atom stereocenters. The summed E-state index contributed by atoms with van der Waals surface area (Å²) in [5.41, 5.74) is 16.3. The molecule has 0 unspecified atom stereocenters. The van der Waals surface area contributed by atoms with Crippen molar-refractivity contribution >= 4 is 100 Å². The molecule has 0 aromatic rings. The summed E-state index contributed by atoms with van der Waals surface area (Å²) in [6, 6.07) is -14.5. The Hall–Kier alpha value is -7.80. The van der Waals surface area contributed by atoms with Crippen molar-refractivity contribution in [3.8, 4) is 0 Å². The fraction of sp³-hybridized carbons (Fsp3) is 0.706. The van der Waals surface area contributed by atoms with Crippen LogP contribution in [0.25, 0.3) is 0 Å². The first kappa shape index (κ1) is 71.7. The van der Waals surface area contributed by atoms with Crippen LogP contribution in [0.3, 0.4) is 0 Å². The van der Waals surface area contributed by atoms with E-state index >= 15 is 0 Å². The zero-order valence-corrected chi connectivity index (χ0v) is 49.4. The van der Waals surface area contributed by atoms with Gasteiger partial charge in [-0.05, 0) is 83.6 Å². The Morgan fingerprint density at radius 3 is 1.52 bits per heavy atom. The van der Waals surface area contributed by atoms with Gasteiger partial charge in [-0.2, -0.15) is 11.8 Å². The molecular weight excluding hydrogens is 1170 g/mol. The van der Waals surface area contributed by atoms with Gasteiger partial charge in [-0.25, -0.2) is 0 Å². The van der Waals surface area contributed by atoms with E-state index in [1.807, 2.05) is 0 Å². The highest BCUT2D eigenvalue weighted by molar-refractivity contribution is 7.98. The molecule has 0 bridgehead atoms. The number of nitrogens with zero attached hydrogens (tertiary/aromatic N) is 4. The Morgan fingerprint density at radius 1 is 0.517 bits per heavy atom. The van der Waals surface area contributed by atoms with Crippen LogP contribution in [0, 0.1) is 0 Å². The Morgan fingerprint density at radius 2 is 0.977 bits per heavy atom. The minimum absolute atomic E-state index is 0.0205. The van der Waals surface area contributed by atoms with E-state index in [-0.39, 0.29) is 58.3 Å². The second-order valence-electron chi connectivity index (χ2n) is 21.3. The Labute approximate surface area is 504 Å². The monoisotopic (exact) mass is 1250 g/mol. The summed E-state index contributed by atoms with van der Waals surface area (Å²) < 4.78 is 0. The molecule has 35 nitrogen and oxygen atoms in total. The minimum atomic E-state index is -1.74. The highest BCUT2D eigenvalue weighted by atomic mass is 32.2. The van der Waals surface area contributed by atoms with Crippen molar-refractivity contribution < 1.29 is 92.3 Å². The maximum absolute atomic E-state index is 14.1. The van der Waals surface area contributed by atoms with Gasteiger partial charge in [-0.15, -0.1) is 0 Å². The number of amides is 15. The zero-order valence-electron chi connectivity index (χ0n) is 48.6. The molecule has 4 saturated heterocycles. The number of likely N-dealkylation sites (tertiary alicyclic amines) is 4. The molecule has 19 N–H and O–H groups in total. The summed E-state index contributed by atoms with van der Waals surface area (Å²) in [6.07, 6.45) is 2.29. The molecule has 4 aliphatic heterocycles. The number of carbonyl (C=O) groups excluding carboxylic acids is 15. The van der Waals surface area contributed by atoms with Crippen molar-refractivity contribution in [1.29, 1.82) is 0 Å². The summed E-state index contributed by atoms with van der Waals surface area (Å²) in [5.74, 6) is -12.4. The predicted octanol–water partition coefficient (Wildman–Crippen LogP) is -11.0. The van der Waals surface area contributed by atoms with Crippen LogP contribution in [0.15, 0.2) is 0 Å². The molecule has 0 saturated carbocycles. The molecule has 0 aromatic heterocycles. The van der Waals surface area contributed by atoms with Crippen LogP contribution in [-0.2, 0) is 71.9 Å². The molecule has 15 amide bonds. The van der Waals surface area contributed by atoms with Crippen LogP contribution < -0.4 is 65.1 Å². The first-order valence-corrected chi connectivity index (χ1v) is 29.8. The summed E-state index contributed by atoms with van der Waals surface area (Å²) in [4.78, 5) is 201. The van der Waals surface area contributed by atoms with E-state index in [0.29, 0.717) is 31.4 Å². The van der Waals surface area contributed by atoms with E-state index in [1.54, 1.807) is 6.26 Å². The van der Waals surface area contributed by atoms with Gasteiger partial charge in [0, 0.05) is 26.2 Å². The van der Waals surface area contributed by atoms with Crippen LogP contribution in [0.1, 0.15) is 78.1 Å². The fourth-order valence-electron chi connectivity index (χ4n) is 10.2. The van der Waals surface area contributed by atoms with Crippen molar-refractivity contribution in [2.75, 3.05) is 77.6 Å². The lowest BCUT2D eigenvalue weighted by Gasteiger charge is -2.34. The predicted molar refractivity (Wildman–Crippen MR) is 302 cm³/mol. The third kappa shape index (κ3) is 20.4. The first-order chi connectivity index (χ1) is 41.2. The SMILES string of the molecule is CSCC[C@H](N)C(=O)N[C@@H](CC(N)=O)C(=O)N[C@H](C(=O)NCC(=O)NCC(=O)N1CCC[C@H]1C(=O)N[C@@H](CO)C(=O)N[C@@H](CO)C(=O)NCC(=O)N[C@@H](C)C(=O)N1CCC[C@H]1C(=O)N1CCC[C@H]1C(=O)N1CCC[C@H]1C(=O)N[C@@H](CO)C(N)=O)[C@@H](C)O. The molecule has 87 heavy (non-hydrogen) atoms. The number of carbonyl (C=O) groups is 15. The lowest BCUT2D eigenvalue weighted by atomic mass is 10.1. The highest BCUT2D eigenvalue weighted by Gasteiger charge is 2.47. The van der Waals surface area contributed by atoms with Crippen molar-refractivity contribution in [3.05, 3.63) is 0 Å². The fourth-order valence-corrected chi connectivity index (χ4v) is 10.7. The van der Waals surface area contributed by atoms with Crippen molar-refractivity contribution in [2.45, 2.75) is 151 Å². The van der Waals surface area contributed by atoms with Gasteiger partial charge in [0.2, 0.25) is 88.6 Å². The smallest absolute Gasteiger partial charge is 0.246 e. The molecule has 4 aliphatic rings. The number of aliphatic hydroxyl groups excluding tert-OH is 4.